The molecule has 1 N–H and O–H groups in total. The number of rotatable bonds is 11. The van der Waals surface area contributed by atoms with E-state index in [4.69, 9.17) is 16.3 Å². The van der Waals surface area contributed by atoms with Crippen LogP contribution in [0.15, 0.2) is 60.8 Å². The summed E-state index contributed by atoms with van der Waals surface area (Å²) in [6, 6.07) is 12.3. The lowest BCUT2D eigenvalue weighted by atomic mass is 10.1. The van der Waals surface area contributed by atoms with E-state index in [9.17, 15) is 18.7 Å². The molecular weight excluding hydrogens is 538 g/mol. The number of carboxylic acid groups (broad SMARTS) is 1. The summed E-state index contributed by atoms with van der Waals surface area (Å²) in [7, 11) is 0. The summed E-state index contributed by atoms with van der Waals surface area (Å²) in [5.74, 6) is -1.70. The molecule has 0 spiro atoms. The normalized spacial score (nSPS) is 13.8. The Hall–Kier alpha value is -3.69. The van der Waals surface area contributed by atoms with Gasteiger partial charge in [-0.25, -0.2) is 13.6 Å². The van der Waals surface area contributed by atoms with Gasteiger partial charge in [-0.15, -0.1) is 0 Å². The highest BCUT2D eigenvalue weighted by molar-refractivity contribution is 6.30. The highest BCUT2D eigenvalue weighted by Gasteiger charge is 2.22. The van der Waals surface area contributed by atoms with E-state index >= 15 is 0 Å². The standard InChI is InChI=1S/C30H33ClF2N4O3/c1-4-11-37(27-16-22(30(38)39)6-5-20(27)2)21(3)18-35-12-14-36(15-13-35)28-10-9-25(32)29(34-28)40-19-23-7-8-24(31)17-26(23)33/h5-10,16-17H,3-4,11-15,18-19H2,1-2H3,(H,38,39). The lowest BCUT2D eigenvalue weighted by Crippen LogP contribution is -2.48. The number of aromatic carboxylic acids is 1. The smallest absolute Gasteiger partial charge is 0.335 e. The molecule has 1 fully saturated rings. The van der Waals surface area contributed by atoms with Crippen molar-refractivity contribution in [3.63, 3.8) is 0 Å². The van der Waals surface area contributed by atoms with Gasteiger partial charge >= 0.3 is 5.97 Å². The van der Waals surface area contributed by atoms with Crippen LogP contribution in [0, 0.1) is 18.6 Å². The minimum Gasteiger partial charge on any atom is -0.478 e. The zero-order valence-electron chi connectivity index (χ0n) is 22.7. The first-order valence-electron chi connectivity index (χ1n) is 13.2. The van der Waals surface area contributed by atoms with Crippen LogP contribution in [0.4, 0.5) is 20.3 Å². The molecule has 40 heavy (non-hydrogen) atoms. The number of piperazine rings is 1. The fraction of sp³-hybridized carbons (Fsp3) is 0.333. The molecule has 1 aliphatic rings. The molecule has 0 unspecified atom stereocenters. The van der Waals surface area contributed by atoms with Gasteiger partial charge in [0.05, 0.1) is 5.56 Å². The summed E-state index contributed by atoms with van der Waals surface area (Å²) in [5.41, 5.74) is 3.24. The molecule has 0 aliphatic carbocycles. The Bertz CT molecular complexity index is 1380. The van der Waals surface area contributed by atoms with Crippen molar-refractivity contribution in [1.82, 2.24) is 9.88 Å². The number of anilines is 2. The van der Waals surface area contributed by atoms with E-state index in [1.165, 1.54) is 18.2 Å². The lowest BCUT2D eigenvalue weighted by Gasteiger charge is -2.38. The van der Waals surface area contributed by atoms with Crippen LogP contribution in [-0.4, -0.2) is 60.2 Å². The Labute approximate surface area is 238 Å². The summed E-state index contributed by atoms with van der Waals surface area (Å²) < 4.78 is 34.0. The summed E-state index contributed by atoms with van der Waals surface area (Å²) in [6.45, 7) is 12.4. The summed E-state index contributed by atoms with van der Waals surface area (Å²) in [6.07, 6.45) is 0.884. The van der Waals surface area contributed by atoms with Crippen LogP contribution in [0.1, 0.15) is 34.8 Å². The monoisotopic (exact) mass is 570 g/mol. The van der Waals surface area contributed by atoms with Gasteiger partial charge in [0.25, 0.3) is 5.88 Å². The fourth-order valence-corrected chi connectivity index (χ4v) is 4.82. The van der Waals surface area contributed by atoms with Crippen molar-refractivity contribution >= 4 is 29.1 Å². The fourth-order valence-electron chi connectivity index (χ4n) is 4.66. The second-order valence-electron chi connectivity index (χ2n) is 9.77. The third-order valence-electron chi connectivity index (χ3n) is 6.86. The van der Waals surface area contributed by atoms with Gasteiger partial charge in [-0.05, 0) is 55.3 Å². The third-order valence-corrected chi connectivity index (χ3v) is 7.09. The maximum Gasteiger partial charge on any atom is 0.335 e. The summed E-state index contributed by atoms with van der Waals surface area (Å²) in [4.78, 5) is 22.3. The molecule has 0 atom stereocenters. The molecule has 2 aromatic carbocycles. The van der Waals surface area contributed by atoms with E-state index in [-0.39, 0.29) is 28.6 Å². The lowest BCUT2D eigenvalue weighted by molar-refractivity contribution is 0.0697. The van der Waals surface area contributed by atoms with Gasteiger partial charge in [-0.3, -0.25) is 4.90 Å². The number of ether oxygens (including phenoxy) is 1. The molecular formula is C30H33ClF2N4O3. The van der Waals surface area contributed by atoms with E-state index in [0.717, 1.165) is 43.0 Å². The first-order chi connectivity index (χ1) is 19.2. The van der Waals surface area contributed by atoms with Crippen molar-refractivity contribution < 1.29 is 23.4 Å². The number of carboxylic acids is 1. The van der Waals surface area contributed by atoms with Crippen molar-refractivity contribution in [1.29, 1.82) is 0 Å². The zero-order valence-corrected chi connectivity index (χ0v) is 23.4. The second-order valence-corrected chi connectivity index (χ2v) is 10.2. The van der Waals surface area contributed by atoms with Gasteiger partial charge in [-0.1, -0.05) is 37.2 Å². The molecule has 0 bridgehead atoms. The number of hydrogen-bond acceptors (Lipinski definition) is 6. The van der Waals surface area contributed by atoms with Crippen LogP contribution >= 0.6 is 11.6 Å². The quantitative estimate of drug-likeness (QED) is 0.296. The van der Waals surface area contributed by atoms with Crippen LogP contribution in [-0.2, 0) is 6.61 Å². The average Bonchev–Trinajstić information content (AvgIpc) is 2.93. The average molecular weight is 571 g/mol. The molecule has 1 aliphatic heterocycles. The predicted molar refractivity (Wildman–Crippen MR) is 154 cm³/mol. The van der Waals surface area contributed by atoms with Gasteiger partial charge in [-0.2, -0.15) is 4.98 Å². The second kappa shape index (κ2) is 13.1. The zero-order chi connectivity index (χ0) is 28.8. The molecule has 10 heteroatoms. The maximum atomic E-state index is 14.4. The number of hydrogen-bond donors (Lipinski definition) is 1. The molecule has 0 saturated carbocycles. The third kappa shape index (κ3) is 7.08. The summed E-state index contributed by atoms with van der Waals surface area (Å²) in [5, 5.41) is 9.73. The van der Waals surface area contributed by atoms with Crippen LogP contribution in [0.25, 0.3) is 0 Å². The van der Waals surface area contributed by atoms with Crippen molar-refractivity contribution in [3.8, 4) is 5.88 Å². The first kappa shape index (κ1) is 29.3. The van der Waals surface area contributed by atoms with Crippen LogP contribution in [0.5, 0.6) is 5.88 Å². The number of aryl methyl sites for hydroxylation is 1. The molecule has 2 heterocycles. The number of benzene rings is 2. The first-order valence-corrected chi connectivity index (χ1v) is 13.5. The highest BCUT2D eigenvalue weighted by Crippen LogP contribution is 2.27. The number of aromatic nitrogens is 1. The van der Waals surface area contributed by atoms with E-state index in [1.807, 2.05) is 13.0 Å². The SMILES string of the molecule is C=C(CN1CCN(c2ccc(F)c(OCc3ccc(Cl)cc3F)n2)CC1)N(CCC)c1cc(C(=O)O)ccc1C. The molecule has 1 saturated heterocycles. The van der Waals surface area contributed by atoms with Gasteiger partial charge in [0, 0.05) is 61.2 Å². The minimum atomic E-state index is -0.959. The Morgan fingerprint density at radius 3 is 2.52 bits per heavy atom. The van der Waals surface area contributed by atoms with Gasteiger partial charge in [0.2, 0.25) is 0 Å². The Morgan fingerprint density at radius 1 is 1.10 bits per heavy atom. The van der Waals surface area contributed by atoms with E-state index < -0.39 is 17.6 Å². The van der Waals surface area contributed by atoms with Crippen LogP contribution in [0.3, 0.4) is 0 Å². The largest absolute Gasteiger partial charge is 0.478 e. The molecule has 0 amide bonds. The van der Waals surface area contributed by atoms with Crippen molar-refractivity contribution in [2.45, 2.75) is 26.9 Å². The molecule has 212 valence electrons. The Kier molecular flexibility index (Phi) is 9.60. The van der Waals surface area contributed by atoms with Crippen molar-refractivity contribution in [3.05, 3.63) is 94.2 Å². The van der Waals surface area contributed by atoms with Gasteiger partial charge < -0.3 is 19.6 Å². The number of carbonyl (C=O) groups is 1. The molecule has 4 rings (SSSR count). The van der Waals surface area contributed by atoms with Crippen LogP contribution in [0.2, 0.25) is 5.02 Å². The Morgan fingerprint density at radius 2 is 1.85 bits per heavy atom. The summed E-state index contributed by atoms with van der Waals surface area (Å²) >= 11 is 5.80. The number of halogens is 3. The van der Waals surface area contributed by atoms with Crippen molar-refractivity contribution in [2.24, 2.45) is 0 Å². The molecule has 7 nitrogen and oxygen atoms in total. The maximum absolute atomic E-state index is 14.4. The molecule has 1 aromatic heterocycles. The number of nitrogens with zero attached hydrogens (tertiary/aromatic N) is 4. The predicted octanol–water partition coefficient (Wildman–Crippen LogP) is 6.15. The van der Waals surface area contributed by atoms with E-state index in [1.54, 1.807) is 24.3 Å². The van der Waals surface area contributed by atoms with Crippen LogP contribution < -0.4 is 14.5 Å². The van der Waals surface area contributed by atoms with Gasteiger partial charge in [0.15, 0.2) is 5.82 Å². The van der Waals surface area contributed by atoms with E-state index in [0.29, 0.717) is 25.5 Å². The molecule has 0 radical (unpaired) electrons. The molecule has 3 aromatic rings. The van der Waals surface area contributed by atoms with Gasteiger partial charge in [0.1, 0.15) is 18.2 Å². The van der Waals surface area contributed by atoms with Crippen molar-refractivity contribution in [2.75, 3.05) is 49.1 Å². The topological polar surface area (TPSA) is 69.1 Å². The van der Waals surface area contributed by atoms with E-state index in [2.05, 4.69) is 33.2 Å². The Balaban J connectivity index is 1.37. The highest BCUT2D eigenvalue weighted by atomic mass is 35.5. The minimum absolute atomic E-state index is 0.171. The number of pyridine rings is 1.